The van der Waals surface area contributed by atoms with Crippen LogP contribution in [0.3, 0.4) is 0 Å². The summed E-state index contributed by atoms with van der Waals surface area (Å²) in [5.41, 5.74) is 0. The number of piperidine rings is 1. The van der Waals surface area contributed by atoms with Crippen LogP contribution in [0.4, 0.5) is 0 Å². The molecule has 2 atom stereocenters. The molecule has 4 heteroatoms. The first-order valence-electron chi connectivity index (χ1n) is 8.40. The van der Waals surface area contributed by atoms with Gasteiger partial charge in [-0.05, 0) is 64.6 Å². The molecule has 0 aromatic rings. The van der Waals surface area contributed by atoms with E-state index in [0.29, 0.717) is 6.61 Å². The Labute approximate surface area is 123 Å². The van der Waals surface area contributed by atoms with Gasteiger partial charge in [0.05, 0.1) is 6.61 Å². The molecule has 2 aliphatic rings. The fourth-order valence-electron chi connectivity index (χ4n) is 3.71. The fourth-order valence-corrected chi connectivity index (χ4v) is 3.71. The number of rotatable bonds is 6. The number of nitrogens with zero attached hydrogens (tertiary/aromatic N) is 1. The zero-order valence-corrected chi connectivity index (χ0v) is 13.1. The van der Waals surface area contributed by atoms with Crippen molar-refractivity contribution in [3.63, 3.8) is 0 Å². The lowest BCUT2D eigenvalue weighted by molar-refractivity contribution is -0.150. The molecule has 0 aliphatic carbocycles. The molecule has 2 fully saturated rings. The second kappa shape index (κ2) is 7.99. The zero-order chi connectivity index (χ0) is 14.4. The average Bonchev–Trinajstić information content (AvgIpc) is 2.99. The van der Waals surface area contributed by atoms with Gasteiger partial charge in [0, 0.05) is 6.04 Å². The Morgan fingerprint density at radius 3 is 2.60 bits per heavy atom. The summed E-state index contributed by atoms with van der Waals surface area (Å²) in [4.78, 5) is 14.4. The van der Waals surface area contributed by atoms with Gasteiger partial charge < -0.3 is 10.1 Å². The van der Waals surface area contributed by atoms with Crippen LogP contribution in [0.15, 0.2) is 0 Å². The number of esters is 1. The molecule has 116 valence electrons. The number of ether oxygens (including phenoxy) is 1. The SMILES string of the molecule is CCCC(C(=O)OCC)N1CCC(C2CCCN2)CC1. The number of likely N-dealkylation sites (tertiary alicyclic amines) is 1. The van der Waals surface area contributed by atoms with Gasteiger partial charge in [-0.25, -0.2) is 0 Å². The van der Waals surface area contributed by atoms with Gasteiger partial charge >= 0.3 is 5.97 Å². The van der Waals surface area contributed by atoms with Crippen molar-refractivity contribution >= 4 is 5.97 Å². The maximum atomic E-state index is 12.1. The molecule has 20 heavy (non-hydrogen) atoms. The Hall–Kier alpha value is -0.610. The molecule has 2 saturated heterocycles. The van der Waals surface area contributed by atoms with E-state index < -0.39 is 0 Å². The van der Waals surface area contributed by atoms with Gasteiger partial charge in [0.2, 0.25) is 0 Å². The number of hydrogen-bond acceptors (Lipinski definition) is 4. The molecule has 4 nitrogen and oxygen atoms in total. The van der Waals surface area contributed by atoms with E-state index in [1.165, 1.54) is 32.2 Å². The van der Waals surface area contributed by atoms with E-state index in [4.69, 9.17) is 4.74 Å². The van der Waals surface area contributed by atoms with E-state index in [-0.39, 0.29) is 12.0 Å². The van der Waals surface area contributed by atoms with Crippen LogP contribution >= 0.6 is 0 Å². The van der Waals surface area contributed by atoms with E-state index in [2.05, 4.69) is 17.1 Å². The summed E-state index contributed by atoms with van der Waals surface area (Å²) in [6.45, 7) is 7.80. The highest BCUT2D eigenvalue weighted by Crippen LogP contribution is 2.27. The average molecular weight is 282 g/mol. The molecule has 0 saturated carbocycles. The van der Waals surface area contributed by atoms with Crippen LogP contribution < -0.4 is 5.32 Å². The maximum Gasteiger partial charge on any atom is 0.323 e. The van der Waals surface area contributed by atoms with Gasteiger partial charge in [0.15, 0.2) is 0 Å². The fraction of sp³-hybridized carbons (Fsp3) is 0.938. The standard InChI is InChI=1S/C16H30N2O2/c1-3-6-15(16(19)20-4-2)18-11-8-13(9-12-18)14-7-5-10-17-14/h13-15,17H,3-12H2,1-2H3. The third kappa shape index (κ3) is 3.95. The minimum atomic E-state index is -0.0215. The second-order valence-corrected chi connectivity index (χ2v) is 6.13. The molecule has 2 heterocycles. The first-order chi connectivity index (χ1) is 9.76. The van der Waals surface area contributed by atoms with Crippen LogP contribution in [0, 0.1) is 5.92 Å². The Morgan fingerprint density at radius 2 is 2.05 bits per heavy atom. The smallest absolute Gasteiger partial charge is 0.323 e. The van der Waals surface area contributed by atoms with Crippen molar-refractivity contribution in [3.8, 4) is 0 Å². The van der Waals surface area contributed by atoms with Crippen molar-refractivity contribution in [1.82, 2.24) is 10.2 Å². The van der Waals surface area contributed by atoms with Crippen LogP contribution in [-0.4, -0.2) is 49.2 Å². The Balaban J connectivity index is 1.84. The summed E-state index contributed by atoms with van der Waals surface area (Å²) in [7, 11) is 0. The van der Waals surface area contributed by atoms with Crippen molar-refractivity contribution in [2.24, 2.45) is 5.92 Å². The van der Waals surface area contributed by atoms with E-state index in [0.717, 1.165) is 37.9 Å². The van der Waals surface area contributed by atoms with Gasteiger partial charge in [-0.3, -0.25) is 9.69 Å². The van der Waals surface area contributed by atoms with Crippen LogP contribution in [-0.2, 0) is 9.53 Å². The largest absolute Gasteiger partial charge is 0.465 e. The van der Waals surface area contributed by atoms with E-state index in [1.807, 2.05) is 6.92 Å². The third-order valence-corrected chi connectivity index (χ3v) is 4.80. The van der Waals surface area contributed by atoms with Crippen molar-refractivity contribution in [2.75, 3.05) is 26.2 Å². The van der Waals surface area contributed by atoms with Crippen LogP contribution in [0.5, 0.6) is 0 Å². The topological polar surface area (TPSA) is 41.6 Å². The third-order valence-electron chi connectivity index (χ3n) is 4.80. The molecule has 0 bridgehead atoms. The molecule has 0 aromatic heterocycles. The molecule has 2 rings (SSSR count). The van der Waals surface area contributed by atoms with Crippen LogP contribution in [0.1, 0.15) is 52.4 Å². The Bertz CT molecular complexity index is 295. The number of carbonyl (C=O) groups excluding carboxylic acids is 1. The molecular formula is C16H30N2O2. The number of hydrogen-bond donors (Lipinski definition) is 1. The van der Waals surface area contributed by atoms with Crippen LogP contribution in [0.2, 0.25) is 0 Å². The van der Waals surface area contributed by atoms with Gasteiger partial charge in [-0.1, -0.05) is 13.3 Å². The highest BCUT2D eigenvalue weighted by atomic mass is 16.5. The van der Waals surface area contributed by atoms with Gasteiger partial charge in [-0.15, -0.1) is 0 Å². The normalized spacial score (nSPS) is 26.6. The zero-order valence-electron chi connectivity index (χ0n) is 13.1. The highest BCUT2D eigenvalue weighted by molar-refractivity contribution is 5.75. The molecule has 0 amide bonds. The van der Waals surface area contributed by atoms with Crippen molar-refractivity contribution in [1.29, 1.82) is 0 Å². The molecule has 0 aromatic carbocycles. The molecule has 1 N–H and O–H groups in total. The van der Waals surface area contributed by atoms with Gasteiger partial charge in [0.25, 0.3) is 0 Å². The summed E-state index contributed by atoms with van der Waals surface area (Å²) < 4.78 is 5.24. The summed E-state index contributed by atoms with van der Waals surface area (Å²) >= 11 is 0. The lowest BCUT2D eigenvalue weighted by Gasteiger charge is -2.38. The summed E-state index contributed by atoms with van der Waals surface area (Å²) in [5.74, 6) is 0.782. The minimum Gasteiger partial charge on any atom is -0.465 e. The van der Waals surface area contributed by atoms with Crippen molar-refractivity contribution < 1.29 is 9.53 Å². The van der Waals surface area contributed by atoms with E-state index >= 15 is 0 Å². The lowest BCUT2D eigenvalue weighted by atomic mass is 9.88. The predicted octanol–water partition coefficient (Wildman–Crippen LogP) is 2.18. The Kier molecular flexibility index (Phi) is 6.30. The predicted molar refractivity (Wildman–Crippen MR) is 80.7 cm³/mol. The molecule has 2 unspecified atom stereocenters. The van der Waals surface area contributed by atoms with E-state index in [1.54, 1.807) is 0 Å². The van der Waals surface area contributed by atoms with Crippen molar-refractivity contribution in [3.05, 3.63) is 0 Å². The molecule has 0 radical (unpaired) electrons. The number of nitrogens with one attached hydrogen (secondary N) is 1. The number of carbonyl (C=O) groups is 1. The van der Waals surface area contributed by atoms with Crippen molar-refractivity contribution in [2.45, 2.75) is 64.5 Å². The summed E-state index contributed by atoms with van der Waals surface area (Å²) in [6, 6.07) is 0.710. The maximum absolute atomic E-state index is 12.1. The lowest BCUT2D eigenvalue weighted by Crippen LogP contribution is -2.48. The van der Waals surface area contributed by atoms with Gasteiger partial charge in [0.1, 0.15) is 6.04 Å². The highest BCUT2D eigenvalue weighted by Gasteiger charge is 2.33. The molecule has 2 aliphatic heterocycles. The molecule has 0 spiro atoms. The first-order valence-corrected chi connectivity index (χ1v) is 8.40. The molecular weight excluding hydrogens is 252 g/mol. The Morgan fingerprint density at radius 1 is 1.30 bits per heavy atom. The quantitative estimate of drug-likeness (QED) is 0.758. The first kappa shape index (κ1) is 15.8. The summed E-state index contributed by atoms with van der Waals surface area (Å²) in [5, 5.41) is 3.63. The van der Waals surface area contributed by atoms with Crippen LogP contribution in [0.25, 0.3) is 0 Å². The van der Waals surface area contributed by atoms with E-state index in [9.17, 15) is 4.79 Å². The second-order valence-electron chi connectivity index (χ2n) is 6.13. The summed E-state index contributed by atoms with van der Waals surface area (Å²) in [6.07, 6.45) is 7.06. The van der Waals surface area contributed by atoms with Gasteiger partial charge in [-0.2, -0.15) is 0 Å². The monoisotopic (exact) mass is 282 g/mol. The minimum absolute atomic E-state index is 0.0163.